The lowest BCUT2D eigenvalue weighted by atomic mass is 9.33. The molecule has 2 aliphatic rings. The molecule has 9 aromatic rings. The molecule has 0 atom stereocenters. The van der Waals surface area contributed by atoms with Crippen LogP contribution in [-0.2, 0) is 0 Å². The monoisotopic (exact) mass is 661 g/mol. The van der Waals surface area contributed by atoms with E-state index in [0.717, 1.165) is 22.7 Å². The maximum absolute atomic E-state index is 2.54. The fraction of sp³-hybridized carbons (Fsp3) is 0. The first-order valence-electron chi connectivity index (χ1n) is 18.0. The van der Waals surface area contributed by atoms with Crippen molar-refractivity contribution in [3.63, 3.8) is 0 Å². The molecule has 8 aromatic carbocycles. The van der Waals surface area contributed by atoms with E-state index in [1.54, 1.807) is 0 Å². The van der Waals surface area contributed by atoms with Crippen LogP contribution in [0.15, 0.2) is 194 Å². The smallest absolute Gasteiger partial charge is 0.252 e. The van der Waals surface area contributed by atoms with Gasteiger partial charge >= 0.3 is 0 Å². The highest BCUT2D eigenvalue weighted by Crippen LogP contribution is 2.46. The quantitative estimate of drug-likeness (QED) is 0.170. The first-order chi connectivity index (χ1) is 25.8. The van der Waals surface area contributed by atoms with Gasteiger partial charge in [-0.05, 0) is 88.2 Å². The molecule has 0 fully saturated rings. The third kappa shape index (κ3) is 4.21. The maximum Gasteiger partial charge on any atom is 0.252 e. The average Bonchev–Trinajstić information content (AvgIpc) is 3.56. The van der Waals surface area contributed by atoms with Crippen LogP contribution >= 0.6 is 0 Å². The molecule has 0 bridgehead atoms. The van der Waals surface area contributed by atoms with E-state index < -0.39 is 0 Å². The third-order valence-corrected chi connectivity index (χ3v) is 10.9. The van der Waals surface area contributed by atoms with Crippen molar-refractivity contribution < 1.29 is 0 Å². The first kappa shape index (κ1) is 29.0. The van der Waals surface area contributed by atoms with Crippen molar-refractivity contribution in [2.45, 2.75) is 0 Å². The van der Waals surface area contributed by atoms with Crippen molar-refractivity contribution >= 4 is 79.0 Å². The largest absolute Gasteiger partial charge is 0.311 e. The minimum Gasteiger partial charge on any atom is -0.311 e. The molecule has 0 saturated heterocycles. The standard InChI is InChI=1S/C48H32BN3/c1-5-16-33(17-6-1)34-28-29-41-44(30-34)51(37-22-11-4-12-23-37)45-31-38(50(35-18-7-2-8-19-35)36-20-9-3-10-21-36)32-46-47(45)49(41)42-26-15-25-40-39-24-13-14-27-43(39)52(46)48(40)42/h1-32H. The maximum atomic E-state index is 2.54. The molecule has 242 valence electrons. The molecular formula is C48H32BN3. The zero-order valence-electron chi connectivity index (χ0n) is 28.4. The van der Waals surface area contributed by atoms with E-state index in [0.29, 0.717) is 0 Å². The summed E-state index contributed by atoms with van der Waals surface area (Å²) in [4.78, 5) is 4.90. The van der Waals surface area contributed by atoms with Gasteiger partial charge in [-0.25, -0.2) is 0 Å². The van der Waals surface area contributed by atoms with Gasteiger partial charge in [-0.2, -0.15) is 0 Å². The van der Waals surface area contributed by atoms with Crippen molar-refractivity contribution in [2.24, 2.45) is 0 Å². The summed E-state index contributed by atoms with van der Waals surface area (Å²) in [5.74, 6) is 0. The zero-order valence-corrected chi connectivity index (χ0v) is 28.4. The zero-order chi connectivity index (χ0) is 34.2. The number of fused-ring (bicyclic) bond motifs is 7. The predicted molar refractivity (Wildman–Crippen MR) is 220 cm³/mol. The SMILES string of the molecule is c1ccc(-c2ccc3c(c2)N(c2ccccc2)c2cc(N(c4ccccc4)c4ccccc4)cc4c2B3c2cccc3c5ccccc5n-4c23)cc1. The summed E-state index contributed by atoms with van der Waals surface area (Å²) >= 11 is 0. The van der Waals surface area contributed by atoms with Gasteiger partial charge in [-0.15, -0.1) is 0 Å². The van der Waals surface area contributed by atoms with Crippen molar-refractivity contribution in [1.29, 1.82) is 0 Å². The van der Waals surface area contributed by atoms with E-state index in [2.05, 4.69) is 208 Å². The second-order valence-corrected chi connectivity index (χ2v) is 13.7. The lowest BCUT2D eigenvalue weighted by Gasteiger charge is -2.41. The van der Waals surface area contributed by atoms with Crippen LogP contribution in [0.2, 0.25) is 0 Å². The molecule has 0 aliphatic carbocycles. The van der Waals surface area contributed by atoms with Gasteiger partial charge in [0.1, 0.15) is 0 Å². The van der Waals surface area contributed by atoms with E-state index in [-0.39, 0.29) is 6.71 Å². The van der Waals surface area contributed by atoms with Crippen molar-refractivity contribution in [2.75, 3.05) is 9.80 Å². The van der Waals surface area contributed by atoms with Crippen LogP contribution < -0.4 is 26.2 Å². The van der Waals surface area contributed by atoms with Crippen LogP contribution in [0, 0.1) is 0 Å². The van der Waals surface area contributed by atoms with E-state index >= 15 is 0 Å². The van der Waals surface area contributed by atoms with E-state index in [4.69, 9.17) is 0 Å². The van der Waals surface area contributed by atoms with Crippen LogP contribution in [0.3, 0.4) is 0 Å². The highest BCUT2D eigenvalue weighted by molar-refractivity contribution is 7.00. The van der Waals surface area contributed by atoms with E-state index in [9.17, 15) is 0 Å². The lowest BCUT2D eigenvalue weighted by molar-refractivity contribution is 1.16. The molecule has 3 nitrogen and oxygen atoms in total. The molecule has 0 amide bonds. The van der Waals surface area contributed by atoms with Gasteiger partial charge in [0.25, 0.3) is 6.71 Å². The minimum absolute atomic E-state index is 0.0567. The van der Waals surface area contributed by atoms with Crippen molar-refractivity contribution in [3.8, 4) is 16.8 Å². The number of anilines is 6. The van der Waals surface area contributed by atoms with Crippen LogP contribution in [0.1, 0.15) is 0 Å². The fourth-order valence-electron chi connectivity index (χ4n) is 8.79. The van der Waals surface area contributed by atoms with Crippen LogP contribution in [0.5, 0.6) is 0 Å². The number of hydrogen-bond donors (Lipinski definition) is 0. The van der Waals surface area contributed by atoms with Gasteiger partial charge < -0.3 is 14.4 Å². The molecule has 0 N–H and O–H groups in total. The van der Waals surface area contributed by atoms with Gasteiger partial charge in [-0.3, -0.25) is 0 Å². The van der Waals surface area contributed by atoms with Gasteiger partial charge in [0, 0.05) is 50.4 Å². The molecule has 52 heavy (non-hydrogen) atoms. The first-order valence-corrected chi connectivity index (χ1v) is 18.0. The lowest BCUT2D eigenvalue weighted by Crippen LogP contribution is -2.60. The van der Waals surface area contributed by atoms with Crippen LogP contribution in [0.25, 0.3) is 38.6 Å². The Balaban J connectivity index is 1.30. The highest BCUT2D eigenvalue weighted by Gasteiger charge is 2.42. The summed E-state index contributed by atoms with van der Waals surface area (Å²) in [6.45, 7) is 0.0567. The van der Waals surface area contributed by atoms with Gasteiger partial charge in [0.15, 0.2) is 0 Å². The Morgan fingerprint density at radius 1 is 0.404 bits per heavy atom. The van der Waals surface area contributed by atoms with Gasteiger partial charge in [-0.1, -0.05) is 133 Å². The minimum atomic E-state index is 0.0567. The fourth-order valence-corrected chi connectivity index (χ4v) is 8.79. The predicted octanol–water partition coefficient (Wildman–Crippen LogP) is 10.5. The molecule has 11 rings (SSSR count). The summed E-state index contributed by atoms with van der Waals surface area (Å²) < 4.78 is 2.54. The number of aromatic nitrogens is 1. The highest BCUT2D eigenvalue weighted by atomic mass is 15.2. The van der Waals surface area contributed by atoms with Crippen LogP contribution in [0.4, 0.5) is 34.1 Å². The molecule has 0 saturated carbocycles. The second kappa shape index (κ2) is 11.4. The normalized spacial score (nSPS) is 12.5. The Hall–Kier alpha value is -6.78. The van der Waals surface area contributed by atoms with E-state index in [1.165, 1.54) is 66.4 Å². The number of rotatable bonds is 5. The summed E-state index contributed by atoms with van der Waals surface area (Å²) in [5.41, 5.74) is 17.0. The number of para-hydroxylation sites is 5. The molecular weight excluding hydrogens is 629 g/mol. The van der Waals surface area contributed by atoms with E-state index in [1.807, 2.05) is 0 Å². The number of hydrogen-bond acceptors (Lipinski definition) is 2. The van der Waals surface area contributed by atoms with Gasteiger partial charge in [0.2, 0.25) is 0 Å². The summed E-state index contributed by atoms with van der Waals surface area (Å²) in [5, 5.41) is 2.57. The molecule has 4 heteroatoms. The summed E-state index contributed by atoms with van der Waals surface area (Å²) in [6, 6.07) is 70.9. The van der Waals surface area contributed by atoms with Crippen molar-refractivity contribution in [3.05, 3.63) is 194 Å². The summed E-state index contributed by atoms with van der Waals surface area (Å²) in [7, 11) is 0. The second-order valence-electron chi connectivity index (χ2n) is 13.7. The topological polar surface area (TPSA) is 11.4 Å². The molecule has 0 unspecified atom stereocenters. The average molecular weight is 662 g/mol. The number of nitrogens with zero attached hydrogens (tertiary/aromatic N) is 3. The number of benzene rings is 8. The molecule has 0 radical (unpaired) electrons. The molecule has 1 aromatic heterocycles. The van der Waals surface area contributed by atoms with Crippen LogP contribution in [-0.4, -0.2) is 11.3 Å². The van der Waals surface area contributed by atoms with Crippen molar-refractivity contribution in [1.82, 2.24) is 4.57 Å². The third-order valence-electron chi connectivity index (χ3n) is 10.9. The van der Waals surface area contributed by atoms with Gasteiger partial charge in [0.05, 0.1) is 11.2 Å². The Labute approximate surface area is 303 Å². The summed E-state index contributed by atoms with van der Waals surface area (Å²) in [6.07, 6.45) is 0. The Bertz CT molecular complexity index is 2750. The Morgan fingerprint density at radius 2 is 1.02 bits per heavy atom. The Morgan fingerprint density at radius 3 is 1.75 bits per heavy atom. The molecule has 0 spiro atoms. The Kier molecular flexibility index (Phi) is 6.35. The molecule has 2 aliphatic heterocycles. The molecule has 3 heterocycles.